The molecule has 0 aromatic heterocycles. The molecule has 20 heavy (non-hydrogen) atoms. The predicted molar refractivity (Wildman–Crippen MR) is 90.8 cm³/mol. The van der Waals surface area contributed by atoms with Crippen molar-refractivity contribution in [1.29, 1.82) is 0 Å². The van der Waals surface area contributed by atoms with E-state index in [1.54, 1.807) is 6.92 Å². The summed E-state index contributed by atoms with van der Waals surface area (Å²) in [4.78, 5) is 11.1. The zero-order chi connectivity index (χ0) is 15.4. The molecule has 0 saturated carbocycles. The molecule has 0 radical (unpaired) electrons. The Balaban J connectivity index is 3.18. The fourth-order valence-corrected chi connectivity index (χ4v) is 3.56. The molecular formula is C15H28Cl2O2Si. The average Bonchev–Trinajstić information content (AvgIpc) is 2.34. The molecule has 0 aliphatic carbocycles. The lowest BCUT2D eigenvalue weighted by Crippen LogP contribution is -2.11. The van der Waals surface area contributed by atoms with Crippen molar-refractivity contribution in [3.8, 4) is 0 Å². The minimum atomic E-state index is -1.87. The Bertz CT molecular complexity index is 288. The lowest BCUT2D eigenvalue weighted by atomic mass is 10.1. The average molecular weight is 339 g/mol. The molecule has 0 bridgehead atoms. The first-order chi connectivity index (χ1) is 9.33. The van der Waals surface area contributed by atoms with Gasteiger partial charge in [0.2, 0.25) is 6.69 Å². The number of esters is 1. The number of rotatable bonds is 12. The van der Waals surface area contributed by atoms with Crippen LogP contribution in [-0.4, -0.2) is 19.3 Å². The van der Waals surface area contributed by atoms with Crippen molar-refractivity contribution in [3.05, 3.63) is 12.2 Å². The number of ether oxygens (including phenoxy) is 1. The molecule has 0 heterocycles. The van der Waals surface area contributed by atoms with Crippen molar-refractivity contribution in [2.45, 2.75) is 70.9 Å². The molecule has 0 spiro atoms. The zero-order valence-electron chi connectivity index (χ0n) is 12.9. The van der Waals surface area contributed by atoms with Crippen LogP contribution in [0, 0.1) is 0 Å². The summed E-state index contributed by atoms with van der Waals surface area (Å²) < 4.78 is 5.04. The maximum Gasteiger partial charge on any atom is 0.333 e. The van der Waals surface area contributed by atoms with Gasteiger partial charge in [-0.05, 0) is 25.9 Å². The van der Waals surface area contributed by atoms with Crippen LogP contribution in [-0.2, 0) is 9.53 Å². The van der Waals surface area contributed by atoms with Crippen LogP contribution in [0.25, 0.3) is 0 Å². The summed E-state index contributed by atoms with van der Waals surface area (Å²) in [5.41, 5.74) is 0.470. The normalized spacial score (nSPS) is 11.4. The molecule has 0 atom stereocenters. The van der Waals surface area contributed by atoms with Gasteiger partial charge in [-0.2, -0.15) is 0 Å². The third kappa shape index (κ3) is 14.4. The van der Waals surface area contributed by atoms with Gasteiger partial charge in [0, 0.05) is 5.57 Å². The summed E-state index contributed by atoms with van der Waals surface area (Å²) in [5, 5.41) is 0. The second kappa shape index (κ2) is 11.6. The number of hydrogen-bond acceptors (Lipinski definition) is 2. The molecular weight excluding hydrogens is 311 g/mol. The van der Waals surface area contributed by atoms with Crippen LogP contribution in [0.4, 0.5) is 0 Å². The Morgan fingerprint density at radius 3 is 1.90 bits per heavy atom. The molecule has 0 fully saturated rings. The van der Waals surface area contributed by atoms with E-state index in [9.17, 15) is 4.79 Å². The fraction of sp³-hybridized carbons (Fsp3) is 0.800. The van der Waals surface area contributed by atoms with E-state index in [-0.39, 0.29) is 5.97 Å². The molecule has 0 aliphatic heterocycles. The highest BCUT2D eigenvalue weighted by Gasteiger charge is 2.19. The molecule has 0 rings (SSSR count). The lowest BCUT2D eigenvalue weighted by Gasteiger charge is -2.09. The first kappa shape index (κ1) is 20.0. The van der Waals surface area contributed by atoms with Gasteiger partial charge in [0.25, 0.3) is 0 Å². The Labute approximate surface area is 134 Å². The van der Waals surface area contributed by atoms with Gasteiger partial charge in [-0.1, -0.05) is 51.5 Å². The number of unbranched alkanes of at least 4 members (excludes halogenated alkanes) is 7. The first-order valence-electron chi connectivity index (χ1n) is 7.53. The van der Waals surface area contributed by atoms with E-state index >= 15 is 0 Å². The topological polar surface area (TPSA) is 26.3 Å². The van der Waals surface area contributed by atoms with Crippen molar-refractivity contribution in [1.82, 2.24) is 0 Å². The molecule has 0 unspecified atom stereocenters. The van der Waals surface area contributed by atoms with Crippen LogP contribution in [0.1, 0.15) is 58.3 Å². The smallest absolute Gasteiger partial charge is 0.333 e. The van der Waals surface area contributed by atoms with Crippen molar-refractivity contribution in [2.75, 3.05) is 6.61 Å². The predicted octanol–water partition coefficient (Wildman–Crippen LogP) is 5.78. The minimum absolute atomic E-state index is 0.279. The molecule has 2 nitrogen and oxygen atoms in total. The summed E-state index contributed by atoms with van der Waals surface area (Å²) in [6, 6.07) is 1.00. The minimum Gasteiger partial charge on any atom is -0.462 e. The van der Waals surface area contributed by atoms with Crippen LogP contribution >= 0.6 is 22.2 Å². The van der Waals surface area contributed by atoms with E-state index in [0.717, 1.165) is 25.3 Å². The van der Waals surface area contributed by atoms with Crippen LogP contribution < -0.4 is 0 Å². The third-order valence-electron chi connectivity index (χ3n) is 3.09. The summed E-state index contributed by atoms with van der Waals surface area (Å²) in [6.45, 7) is 5.84. The molecule has 5 heteroatoms. The van der Waals surface area contributed by atoms with Crippen molar-refractivity contribution < 1.29 is 9.53 Å². The van der Waals surface area contributed by atoms with E-state index in [0.29, 0.717) is 12.2 Å². The molecule has 118 valence electrons. The summed E-state index contributed by atoms with van der Waals surface area (Å²) in [6.07, 6.45) is 9.47. The fourth-order valence-electron chi connectivity index (χ4n) is 1.89. The molecule has 0 saturated heterocycles. The molecule has 0 aromatic carbocycles. The Kier molecular flexibility index (Phi) is 11.6. The van der Waals surface area contributed by atoms with Gasteiger partial charge in [0.15, 0.2) is 0 Å². The van der Waals surface area contributed by atoms with Crippen molar-refractivity contribution in [3.63, 3.8) is 0 Å². The van der Waals surface area contributed by atoms with Gasteiger partial charge in [0.1, 0.15) is 0 Å². The number of carbonyl (C=O) groups is 1. The quantitative estimate of drug-likeness (QED) is 0.148. The van der Waals surface area contributed by atoms with Crippen LogP contribution in [0.15, 0.2) is 12.2 Å². The largest absolute Gasteiger partial charge is 0.462 e. The zero-order valence-corrected chi connectivity index (χ0v) is 15.4. The second-order valence-electron chi connectivity index (χ2n) is 5.56. The summed E-state index contributed by atoms with van der Waals surface area (Å²) >= 11 is 12.1. The second-order valence-corrected chi connectivity index (χ2v) is 13.8. The third-order valence-corrected chi connectivity index (χ3v) is 5.46. The van der Waals surface area contributed by atoms with Crippen molar-refractivity contribution in [2.24, 2.45) is 0 Å². The number of carbonyl (C=O) groups excluding carboxylic acids is 1. The van der Waals surface area contributed by atoms with E-state index in [1.807, 2.05) is 6.55 Å². The Hall–Kier alpha value is 0.00688. The maximum atomic E-state index is 11.1. The van der Waals surface area contributed by atoms with Crippen molar-refractivity contribution >= 4 is 34.8 Å². The summed E-state index contributed by atoms with van der Waals surface area (Å²) in [5.74, 6) is -0.279. The highest BCUT2D eigenvalue weighted by atomic mass is 35.7. The molecule has 0 aromatic rings. The molecule has 0 aliphatic rings. The first-order valence-corrected chi connectivity index (χ1v) is 12.3. The molecule has 0 N–H and O–H groups in total. The van der Waals surface area contributed by atoms with E-state index in [2.05, 4.69) is 6.58 Å². The Morgan fingerprint density at radius 1 is 1.00 bits per heavy atom. The van der Waals surface area contributed by atoms with Gasteiger partial charge in [0.05, 0.1) is 6.61 Å². The van der Waals surface area contributed by atoms with Gasteiger partial charge in [-0.15, -0.1) is 22.2 Å². The summed E-state index contributed by atoms with van der Waals surface area (Å²) in [7, 11) is 0. The van der Waals surface area contributed by atoms with E-state index < -0.39 is 6.69 Å². The number of hydrogen-bond donors (Lipinski definition) is 0. The van der Waals surface area contributed by atoms with Gasteiger partial charge in [-0.25, -0.2) is 4.79 Å². The highest BCUT2D eigenvalue weighted by Crippen LogP contribution is 2.23. The highest BCUT2D eigenvalue weighted by molar-refractivity contribution is 7.44. The van der Waals surface area contributed by atoms with Crippen LogP contribution in [0.2, 0.25) is 12.6 Å². The lowest BCUT2D eigenvalue weighted by molar-refractivity contribution is -0.139. The van der Waals surface area contributed by atoms with E-state index in [4.69, 9.17) is 26.9 Å². The molecule has 0 amide bonds. The van der Waals surface area contributed by atoms with Gasteiger partial charge >= 0.3 is 5.97 Å². The monoisotopic (exact) mass is 338 g/mol. The van der Waals surface area contributed by atoms with Crippen LogP contribution in [0.5, 0.6) is 0 Å². The SMILES string of the molecule is C=C(C)C(=O)OCCCCCCCCCC[Si](C)(Cl)Cl. The number of halogens is 2. The van der Waals surface area contributed by atoms with Gasteiger partial charge in [-0.3, -0.25) is 0 Å². The maximum absolute atomic E-state index is 11.1. The van der Waals surface area contributed by atoms with Gasteiger partial charge < -0.3 is 4.74 Å². The van der Waals surface area contributed by atoms with E-state index in [1.165, 1.54) is 32.1 Å². The standard InChI is InChI=1S/C15H28Cl2O2Si/c1-14(2)15(18)19-12-10-8-6-4-5-7-9-11-13-20(3,16)17/h1,4-13H2,2-3H3. The Morgan fingerprint density at radius 2 is 1.45 bits per heavy atom. The van der Waals surface area contributed by atoms with Crippen LogP contribution in [0.3, 0.4) is 0 Å².